The minimum absolute atomic E-state index is 0.00847. The average Bonchev–Trinajstić information content (AvgIpc) is 3.09. The van der Waals surface area contributed by atoms with Crippen LogP contribution in [0.25, 0.3) is 11.5 Å². The van der Waals surface area contributed by atoms with Crippen molar-refractivity contribution in [3.63, 3.8) is 0 Å². The van der Waals surface area contributed by atoms with Crippen LogP contribution in [0, 0.1) is 0 Å². The smallest absolute Gasteiger partial charge is 0.322 e. The lowest BCUT2D eigenvalue weighted by molar-refractivity contribution is -0.113. The molecule has 134 valence electrons. The second-order valence-corrected chi connectivity index (χ2v) is 8.42. The number of benzene rings is 2. The molecule has 0 unspecified atom stereocenters. The fourth-order valence-corrected chi connectivity index (χ4v) is 3.41. The molecule has 3 aromatic rings. The van der Waals surface area contributed by atoms with Crippen LogP contribution in [0.3, 0.4) is 0 Å². The van der Waals surface area contributed by atoms with Crippen molar-refractivity contribution >= 4 is 33.5 Å². The Morgan fingerprint density at radius 3 is 2.42 bits per heavy atom. The molecular formula is C17H15N3O4S2. The molecule has 7 nitrogen and oxygen atoms in total. The van der Waals surface area contributed by atoms with Gasteiger partial charge in [0.15, 0.2) is 9.84 Å². The number of nitrogens with zero attached hydrogens (tertiary/aromatic N) is 2. The van der Waals surface area contributed by atoms with E-state index in [0.29, 0.717) is 5.56 Å². The molecule has 0 spiro atoms. The van der Waals surface area contributed by atoms with Gasteiger partial charge in [-0.1, -0.05) is 23.3 Å². The van der Waals surface area contributed by atoms with Gasteiger partial charge in [0.25, 0.3) is 0 Å². The molecule has 0 radical (unpaired) electrons. The van der Waals surface area contributed by atoms with E-state index in [9.17, 15) is 13.2 Å². The van der Waals surface area contributed by atoms with Crippen molar-refractivity contribution in [3.05, 3.63) is 54.6 Å². The molecule has 1 N–H and O–H groups in total. The number of aromatic nitrogens is 2. The fourth-order valence-electron chi connectivity index (χ4n) is 2.06. The minimum Gasteiger partial charge on any atom is -0.403 e. The maximum absolute atomic E-state index is 12.0. The zero-order valence-corrected chi connectivity index (χ0v) is 15.4. The lowest BCUT2D eigenvalue weighted by Gasteiger charge is -2.01. The Morgan fingerprint density at radius 2 is 1.77 bits per heavy atom. The number of anilines is 1. The van der Waals surface area contributed by atoms with Gasteiger partial charge in [-0.15, -0.1) is 16.9 Å². The van der Waals surface area contributed by atoms with Gasteiger partial charge in [-0.2, -0.15) is 0 Å². The minimum atomic E-state index is -3.27. The Balaban J connectivity index is 1.61. The zero-order chi connectivity index (χ0) is 18.6. The molecule has 0 aliphatic heterocycles. The summed E-state index contributed by atoms with van der Waals surface area (Å²) in [5.41, 5.74) is 0.559. The van der Waals surface area contributed by atoms with E-state index in [-0.39, 0.29) is 28.5 Å². The largest absolute Gasteiger partial charge is 0.403 e. The van der Waals surface area contributed by atoms with Gasteiger partial charge in [0.2, 0.25) is 11.8 Å². The summed E-state index contributed by atoms with van der Waals surface area (Å²) in [6.07, 6.45) is 1.13. The average molecular weight is 389 g/mol. The molecule has 9 heteroatoms. The highest BCUT2D eigenvalue weighted by Crippen LogP contribution is 2.22. The van der Waals surface area contributed by atoms with Crippen LogP contribution >= 0.6 is 11.8 Å². The summed E-state index contributed by atoms with van der Waals surface area (Å²) in [4.78, 5) is 13.1. The van der Waals surface area contributed by atoms with E-state index in [1.54, 1.807) is 12.1 Å². The first-order valence-electron chi connectivity index (χ1n) is 7.53. The van der Waals surface area contributed by atoms with E-state index in [4.69, 9.17) is 4.42 Å². The Morgan fingerprint density at radius 1 is 1.08 bits per heavy atom. The molecule has 0 aliphatic rings. The molecular weight excluding hydrogens is 374 g/mol. The van der Waals surface area contributed by atoms with Gasteiger partial charge in [0.05, 0.1) is 10.6 Å². The molecule has 1 heterocycles. The van der Waals surface area contributed by atoms with Crippen molar-refractivity contribution in [1.82, 2.24) is 10.2 Å². The molecule has 1 amide bonds. The van der Waals surface area contributed by atoms with E-state index in [1.807, 2.05) is 30.3 Å². The first-order chi connectivity index (χ1) is 12.4. The van der Waals surface area contributed by atoms with Crippen molar-refractivity contribution in [2.45, 2.75) is 9.79 Å². The molecule has 3 rings (SSSR count). The van der Waals surface area contributed by atoms with E-state index >= 15 is 0 Å². The number of rotatable bonds is 6. The maximum atomic E-state index is 12.0. The molecule has 0 bridgehead atoms. The summed E-state index contributed by atoms with van der Waals surface area (Å²) in [6, 6.07) is 15.6. The second kappa shape index (κ2) is 7.71. The van der Waals surface area contributed by atoms with Crippen LogP contribution < -0.4 is 5.32 Å². The van der Waals surface area contributed by atoms with Crippen LogP contribution in [0.2, 0.25) is 0 Å². The number of carbonyl (C=O) groups is 1. The normalized spacial score (nSPS) is 11.3. The Hall–Kier alpha value is -2.65. The van der Waals surface area contributed by atoms with Crippen molar-refractivity contribution < 1.29 is 17.6 Å². The molecule has 1 aromatic heterocycles. The highest BCUT2D eigenvalue weighted by molar-refractivity contribution is 8.00. The second-order valence-electron chi connectivity index (χ2n) is 5.36. The predicted octanol–water partition coefficient (Wildman–Crippen LogP) is 2.87. The summed E-state index contributed by atoms with van der Waals surface area (Å²) in [7, 11) is -3.27. The van der Waals surface area contributed by atoms with Crippen molar-refractivity contribution in [2.75, 3.05) is 17.3 Å². The molecule has 0 aliphatic carbocycles. The van der Waals surface area contributed by atoms with Crippen molar-refractivity contribution in [2.24, 2.45) is 0 Å². The standard InChI is InChI=1S/C17H15N3O4S2/c1-26(22,23)14-9-7-12(8-10-14)16-19-20-17(24-16)18-15(21)11-25-13-5-3-2-4-6-13/h2-10H,11H2,1H3,(H,18,20,21). The Kier molecular flexibility index (Phi) is 5.38. The first-order valence-corrected chi connectivity index (χ1v) is 10.4. The van der Waals surface area contributed by atoms with Gasteiger partial charge in [0, 0.05) is 16.7 Å². The number of thioether (sulfide) groups is 1. The summed E-state index contributed by atoms with van der Waals surface area (Å²) < 4.78 is 28.3. The van der Waals surface area contributed by atoms with E-state index in [2.05, 4.69) is 15.5 Å². The fraction of sp³-hybridized carbons (Fsp3) is 0.118. The molecule has 0 saturated carbocycles. The van der Waals surface area contributed by atoms with Gasteiger partial charge in [-0.25, -0.2) is 8.42 Å². The number of amides is 1. The lowest BCUT2D eigenvalue weighted by atomic mass is 10.2. The van der Waals surface area contributed by atoms with E-state index in [0.717, 1.165) is 11.2 Å². The Labute approximate surface area is 154 Å². The van der Waals surface area contributed by atoms with Crippen LogP contribution in [0.1, 0.15) is 0 Å². The SMILES string of the molecule is CS(=O)(=O)c1ccc(-c2nnc(NC(=O)CSc3ccccc3)o2)cc1. The van der Waals surface area contributed by atoms with Crippen LogP contribution in [0.4, 0.5) is 6.01 Å². The molecule has 26 heavy (non-hydrogen) atoms. The third-order valence-electron chi connectivity index (χ3n) is 3.31. The van der Waals surface area contributed by atoms with Gasteiger partial charge < -0.3 is 4.42 Å². The van der Waals surface area contributed by atoms with E-state index < -0.39 is 9.84 Å². The number of sulfone groups is 1. The van der Waals surface area contributed by atoms with Crippen molar-refractivity contribution in [1.29, 1.82) is 0 Å². The predicted molar refractivity (Wildman–Crippen MR) is 98.6 cm³/mol. The third kappa shape index (κ3) is 4.70. The van der Waals surface area contributed by atoms with Crippen LogP contribution in [0.15, 0.2) is 68.8 Å². The molecule has 0 saturated heterocycles. The summed E-state index contributed by atoms with van der Waals surface area (Å²) in [5.74, 6) is 0.141. The Bertz CT molecular complexity index is 1000. The van der Waals surface area contributed by atoms with Crippen molar-refractivity contribution in [3.8, 4) is 11.5 Å². The molecule has 0 atom stereocenters. The highest BCUT2D eigenvalue weighted by Gasteiger charge is 2.13. The number of hydrogen-bond donors (Lipinski definition) is 1. The van der Waals surface area contributed by atoms with Gasteiger partial charge in [-0.05, 0) is 36.4 Å². The van der Waals surface area contributed by atoms with E-state index in [1.165, 1.54) is 23.9 Å². The topological polar surface area (TPSA) is 102 Å². The third-order valence-corrected chi connectivity index (χ3v) is 5.45. The quantitative estimate of drug-likeness (QED) is 0.647. The van der Waals surface area contributed by atoms with Crippen LogP contribution in [-0.2, 0) is 14.6 Å². The molecule has 0 fully saturated rings. The number of nitrogens with one attached hydrogen (secondary N) is 1. The lowest BCUT2D eigenvalue weighted by Crippen LogP contribution is -2.14. The molecule has 2 aromatic carbocycles. The van der Waals surface area contributed by atoms with Gasteiger partial charge >= 0.3 is 6.01 Å². The van der Waals surface area contributed by atoms with Crippen LogP contribution in [0.5, 0.6) is 0 Å². The summed E-state index contributed by atoms with van der Waals surface area (Å²) >= 11 is 1.40. The zero-order valence-electron chi connectivity index (χ0n) is 13.7. The number of carbonyl (C=O) groups excluding carboxylic acids is 1. The van der Waals surface area contributed by atoms with Gasteiger partial charge in [0.1, 0.15) is 0 Å². The number of hydrogen-bond acceptors (Lipinski definition) is 7. The first kappa shape index (κ1) is 18.2. The summed E-state index contributed by atoms with van der Waals surface area (Å²) in [6.45, 7) is 0. The maximum Gasteiger partial charge on any atom is 0.322 e. The summed E-state index contributed by atoms with van der Waals surface area (Å²) in [5, 5.41) is 10.2. The van der Waals surface area contributed by atoms with Crippen LogP contribution in [-0.4, -0.2) is 36.5 Å². The highest BCUT2D eigenvalue weighted by atomic mass is 32.2. The monoisotopic (exact) mass is 389 g/mol. The van der Waals surface area contributed by atoms with Gasteiger partial charge in [-0.3, -0.25) is 10.1 Å².